The van der Waals surface area contributed by atoms with Gasteiger partial charge in [0.15, 0.2) is 0 Å². The summed E-state index contributed by atoms with van der Waals surface area (Å²) in [5.41, 5.74) is 4.62. The number of amides is 1. The van der Waals surface area contributed by atoms with Crippen LogP contribution in [0, 0.1) is 20.8 Å². The van der Waals surface area contributed by atoms with Gasteiger partial charge in [0.25, 0.3) is 0 Å². The SMILES string of the molecule is Cc1ccc2c(C)cc(NCC(=O)NC3CC3)nc2c1C. The summed E-state index contributed by atoms with van der Waals surface area (Å²) in [6.45, 7) is 6.54. The largest absolute Gasteiger partial charge is 0.361 e. The highest BCUT2D eigenvalue weighted by Gasteiger charge is 2.22. The van der Waals surface area contributed by atoms with Crippen molar-refractivity contribution < 1.29 is 4.79 Å². The Morgan fingerprint density at radius 3 is 2.71 bits per heavy atom. The zero-order valence-corrected chi connectivity index (χ0v) is 12.8. The molecule has 1 fully saturated rings. The van der Waals surface area contributed by atoms with Crippen LogP contribution < -0.4 is 10.6 Å². The van der Waals surface area contributed by atoms with E-state index < -0.39 is 0 Å². The minimum atomic E-state index is 0.0398. The monoisotopic (exact) mass is 283 g/mol. The molecular formula is C17H21N3O. The normalized spacial score (nSPS) is 14.2. The third-order valence-corrected chi connectivity index (χ3v) is 4.08. The second-order valence-corrected chi connectivity index (χ2v) is 5.92. The van der Waals surface area contributed by atoms with E-state index in [2.05, 4.69) is 48.5 Å². The van der Waals surface area contributed by atoms with Crippen molar-refractivity contribution in [3.63, 3.8) is 0 Å². The van der Waals surface area contributed by atoms with Gasteiger partial charge in [-0.05, 0) is 56.4 Å². The molecule has 21 heavy (non-hydrogen) atoms. The molecule has 2 aromatic rings. The molecule has 4 nitrogen and oxygen atoms in total. The Bertz CT molecular complexity index is 705. The molecule has 110 valence electrons. The Morgan fingerprint density at radius 2 is 2.00 bits per heavy atom. The van der Waals surface area contributed by atoms with E-state index in [0.717, 1.165) is 24.2 Å². The predicted molar refractivity (Wildman–Crippen MR) is 85.6 cm³/mol. The quantitative estimate of drug-likeness (QED) is 0.907. The summed E-state index contributed by atoms with van der Waals surface area (Å²) < 4.78 is 0. The second kappa shape index (κ2) is 5.35. The van der Waals surface area contributed by atoms with Crippen molar-refractivity contribution in [2.24, 2.45) is 0 Å². The molecule has 1 aromatic heterocycles. The first-order chi connectivity index (χ1) is 10.0. The number of benzene rings is 1. The van der Waals surface area contributed by atoms with E-state index >= 15 is 0 Å². The van der Waals surface area contributed by atoms with Crippen LogP contribution in [0.4, 0.5) is 5.82 Å². The predicted octanol–water partition coefficient (Wildman–Crippen LogP) is 2.85. The van der Waals surface area contributed by atoms with Gasteiger partial charge in [0.1, 0.15) is 5.82 Å². The molecule has 4 heteroatoms. The summed E-state index contributed by atoms with van der Waals surface area (Å²) in [5.74, 6) is 0.803. The minimum Gasteiger partial charge on any atom is -0.361 e. The van der Waals surface area contributed by atoms with Crippen LogP contribution in [0.1, 0.15) is 29.5 Å². The van der Waals surface area contributed by atoms with Crippen molar-refractivity contribution >= 4 is 22.6 Å². The molecule has 0 spiro atoms. The van der Waals surface area contributed by atoms with Crippen LogP contribution in [0.15, 0.2) is 18.2 Å². The highest BCUT2D eigenvalue weighted by molar-refractivity contribution is 5.88. The van der Waals surface area contributed by atoms with Crippen LogP contribution in [0.3, 0.4) is 0 Å². The van der Waals surface area contributed by atoms with E-state index in [1.54, 1.807) is 0 Å². The number of aromatic nitrogens is 1. The van der Waals surface area contributed by atoms with Gasteiger partial charge in [0.05, 0.1) is 12.1 Å². The number of nitrogens with one attached hydrogen (secondary N) is 2. The number of aryl methyl sites for hydroxylation is 3. The van der Waals surface area contributed by atoms with Crippen molar-refractivity contribution in [1.82, 2.24) is 10.3 Å². The molecule has 0 saturated heterocycles. The van der Waals surface area contributed by atoms with Crippen LogP contribution in [-0.4, -0.2) is 23.5 Å². The summed E-state index contributed by atoms with van der Waals surface area (Å²) >= 11 is 0. The lowest BCUT2D eigenvalue weighted by molar-refractivity contribution is -0.119. The number of carbonyl (C=O) groups excluding carboxylic acids is 1. The van der Waals surface area contributed by atoms with Gasteiger partial charge >= 0.3 is 0 Å². The molecule has 1 heterocycles. The fraction of sp³-hybridized carbons (Fsp3) is 0.412. The highest BCUT2D eigenvalue weighted by Crippen LogP contribution is 2.25. The molecule has 0 atom stereocenters. The maximum absolute atomic E-state index is 11.7. The minimum absolute atomic E-state index is 0.0398. The van der Waals surface area contributed by atoms with Crippen LogP contribution in [0.2, 0.25) is 0 Å². The van der Waals surface area contributed by atoms with Crippen molar-refractivity contribution in [2.75, 3.05) is 11.9 Å². The maximum atomic E-state index is 11.7. The third-order valence-electron chi connectivity index (χ3n) is 4.08. The van der Waals surface area contributed by atoms with Crippen molar-refractivity contribution in [3.8, 4) is 0 Å². The summed E-state index contributed by atoms with van der Waals surface area (Å²) in [6, 6.07) is 6.64. The first kappa shape index (κ1) is 13.9. The maximum Gasteiger partial charge on any atom is 0.239 e. The van der Waals surface area contributed by atoms with Gasteiger partial charge in [0, 0.05) is 11.4 Å². The van der Waals surface area contributed by atoms with Gasteiger partial charge in [-0.3, -0.25) is 4.79 Å². The van der Waals surface area contributed by atoms with Crippen molar-refractivity contribution in [1.29, 1.82) is 0 Å². The molecule has 2 N–H and O–H groups in total. The van der Waals surface area contributed by atoms with Gasteiger partial charge < -0.3 is 10.6 Å². The van der Waals surface area contributed by atoms with Gasteiger partial charge in [-0.2, -0.15) is 0 Å². The van der Waals surface area contributed by atoms with Crippen molar-refractivity contribution in [3.05, 3.63) is 34.9 Å². The molecule has 1 aromatic carbocycles. The lowest BCUT2D eigenvalue weighted by Gasteiger charge is -2.12. The molecule has 0 unspecified atom stereocenters. The summed E-state index contributed by atoms with van der Waals surface area (Å²) in [6.07, 6.45) is 2.22. The van der Waals surface area contributed by atoms with E-state index in [4.69, 9.17) is 0 Å². The van der Waals surface area contributed by atoms with E-state index in [1.807, 2.05) is 6.07 Å². The van der Waals surface area contributed by atoms with Gasteiger partial charge in [-0.15, -0.1) is 0 Å². The fourth-order valence-corrected chi connectivity index (χ4v) is 2.47. The number of nitrogens with zero attached hydrogens (tertiary/aromatic N) is 1. The lowest BCUT2D eigenvalue weighted by Crippen LogP contribution is -2.31. The number of hydrogen-bond donors (Lipinski definition) is 2. The average Bonchev–Trinajstić information content (AvgIpc) is 3.25. The van der Waals surface area contributed by atoms with Gasteiger partial charge in [-0.25, -0.2) is 4.98 Å². The first-order valence-corrected chi connectivity index (χ1v) is 7.45. The summed E-state index contributed by atoms with van der Waals surface area (Å²) in [5, 5.41) is 7.27. The second-order valence-electron chi connectivity index (χ2n) is 5.92. The summed E-state index contributed by atoms with van der Waals surface area (Å²) in [7, 11) is 0. The van der Waals surface area contributed by atoms with Crippen LogP contribution >= 0.6 is 0 Å². The topological polar surface area (TPSA) is 54.0 Å². The number of anilines is 1. The standard InChI is InChI=1S/C17H21N3O/c1-10-4-7-14-11(2)8-15(20-17(14)12(10)3)18-9-16(21)19-13-5-6-13/h4,7-8,13H,5-6,9H2,1-3H3,(H,18,20)(H,19,21). The molecule has 1 aliphatic carbocycles. The third kappa shape index (κ3) is 2.99. The van der Waals surface area contributed by atoms with Gasteiger partial charge in [0.2, 0.25) is 5.91 Å². The Kier molecular flexibility index (Phi) is 3.53. The first-order valence-electron chi connectivity index (χ1n) is 7.45. The Labute approximate surface area is 125 Å². The highest BCUT2D eigenvalue weighted by atomic mass is 16.2. The molecule has 0 radical (unpaired) electrons. The van der Waals surface area contributed by atoms with E-state index in [9.17, 15) is 4.79 Å². The average molecular weight is 283 g/mol. The number of rotatable bonds is 4. The zero-order valence-electron chi connectivity index (χ0n) is 12.8. The Morgan fingerprint density at radius 1 is 1.24 bits per heavy atom. The van der Waals surface area contributed by atoms with Crippen molar-refractivity contribution in [2.45, 2.75) is 39.7 Å². The van der Waals surface area contributed by atoms with E-state index in [-0.39, 0.29) is 12.5 Å². The Hall–Kier alpha value is -2.10. The smallest absolute Gasteiger partial charge is 0.239 e. The zero-order chi connectivity index (χ0) is 15.0. The van der Waals surface area contributed by atoms with Crippen LogP contribution in [-0.2, 0) is 4.79 Å². The number of carbonyl (C=O) groups is 1. The molecular weight excluding hydrogens is 262 g/mol. The number of hydrogen-bond acceptors (Lipinski definition) is 3. The molecule has 0 bridgehead atoms. The molecule has 1 aliphatic rings. The van der Waals surface area contributed by atoms with E-state index in [1.165, 1.54) is 22.1 Å². The number of fused-ring (bicyclic) bond motifs is 1. The van der Waals surface area contributed by atoms with E-state index in [0.29, 0.717) is 6.04 Å². The van der Waals surface area contributed by atoms with Crippen LogP contribution in [0.5, 0.6) is 0 Å². The Balaban J connectivity index is 1.81. The fourth-order valence-electron chi connectivity index (χ4n) is 2.47. The lowest BCUT2D eigenvalue weighted by atomic mass is 10.0. The van der Waals surface area contributed by atoms with Crippen LogP contribution in [0.25, 0.3) is 10.9 Å². The molecule has 0 aliphatic heterocycles. The molecule has 1 amide bonds. The molecule has 3 rings (SSSR count). The van der Waals surface area contributed by atoms with Gasteiger partial charge in [-0.1, -0.05) is 12.1 Å². The number of pyridine rings is 1. The summed E-state index contributed by atoms with van der Waals surface area (Å²) in [4.78, 5) is 16.4. The molecule has 1 saturated carbocycles.